The Morgan fingerprint density at radius 2 is 1.74 bits per heavy atom. The molecule has 0 radical (unpaired) electrons. The molecule has 0 saturated heterocycles. The minimum atomic E-state index is -4.55. The van der Waals surface area contributed by atoms with Crippen LogP contribution in [0.2, 0.25) is 0 Å². The smallest absolute Gasteiger partial charge is 0.306 e. The Morgan fingerprint density at radius 3 is 2.29 bits per heavy atom. The molecule has 1 unspecified atom stereocenters. The van der Waals surface area contributed by atoms with Crippen LogP contribution in [0.3, 0.4) is 0 Å². The molecule has 2 aromatic carbocycles. The van der Waals surface area contributed by atoms with Gasteiger partial charge in [-0.15, -0.1) is 0 Å². The Kier molecular flexibility index (Phi) is 5.97. The van der Waals surface area contributed by atoms with Crippen molar-refractivity contribution in [3.8, 4) is 0 Å². The Labute approximate surface area is 189 Å². The molecule has 12 heteroatoms. The zero-order valence-corrected chi connectivity index (χ0v) is 17.2. The lowest BCUT2D eigenvalue weighted by Gasteiger charge is -2.16. The first kappa shape index (κ1) is 22.8. The monoisotopic (exact) mass is 473 g/mol. The second-order valence-corrected chi connectivity index (χ2v) is 7.33. The van der Waals surface area contributed by atoms with Crippen molar-refractivity contribution in [1.29, 1.82) is 0 Å². The highest BCUT2D eigenvalue weighted by atomic mass is 19.4. The van der Waals surface area contributed by atoms with Gasteiger partial charge in [-0.2, -0.15) is 18.3 Å². The number of nitro benzene ring substituents is 1. The van der Waals surface area contributed by atoms with Crippen molar-refractivity contribution in [2.24, 2.45) is 5.10 Å². The van der Waals surface area contributed by atoms with Crippen LogP contribution in [-0.2, 0) is 6.18 Å². The van der Waals surface area contributed by atoms with E-state index in [1.807, 2.05) is 0 Å². The predicted octanol–water partition coefficient (Wildman–Crippen LogP) is 5.18. The summed E-state index contributed by atoms with van der Waals surface area (Å²) in [5.41, 5.74) is 0.267. The number of nitrogens with one attached hydrogen (secondary N) is 1. The van der Waals surface area contributed by atoms with Crippen molar-refractivity contribution in [3.63, 3.8) is 0 Å². The van der Waals surface area contributed by atoms with Crippen LogP contribution in [0.4, 0.5) is 33.7 Å². The largest absolute Gasteiger partial charge is 0.417 e. The number of carbonyl (C=O) groups is 1. The lowest BCUT2D eigenvalue weighted by Crippen LogP contribution is -2.30. The molecular weight excluding hydrogens is 458 g/mol. The molecule has 1 aliphatic rings. The lowest BCUT2D eigenvalue weighted by molar-refractivity contribution is -0.384. The van der Waals surface area contributed by atoms with Gasteiger partial charge in [-0.3, -0.25) is 15.1 Å². The molecule has 34 heavy (non-hydrogen) atoms. The van der Waals surface area contributed by atoms with Gasteiger partial charge in [0.1, 0.15) is 5.82 Å². The lowest BCUT2D eigenvalue weighted by atomic mass is 9.94. The first-order valence-electron chi connectivity index (χ1n) is 9.82. The van der Waals surface area contributed by atoms with Crippen molar-refractivity contribution in [2.45, 2.75) is 12.1 Å². The van der Waals surface area contributed by atoms with Gasteiger partial charge in [0, 0.05) is 24.0 Å². The summed E-state index contributed by atoms with van der Waals surface area (Å²) >= 11 is 0. The van der Waals surface area contributed by atoms with E-state index in [4.69, 9.17) is 0 Å². The topological polar surface area (TPSA) is 101 Å². The minimum absolute atomic E-state index is 0.0378. The van der Waals surface area contributed by atoms with E-state index in [1.54, 1.807) is 0 Å². The SMILES string of the molecule is O=C(Nc1ccc([N+](=O)[O-])cc1)N1CC(c2ccc(C(F)(F)F)cn2)C(c2ccc(F)cc2)=N1. The van der Waals surface area contributed by atoms with Gasteiger partial charge >= 0.3 is 12.2 Å². The molecule has 1 atom stereocenters. The number of benzene rings is 2. The number of halogens is 4. The Bertz CT molecular complexity index is 1240. The Morgan fingerprint density at radius 1 is 1.06 bits per heavy atom. The second kappa shape index (κ2) is 8.89. The molecule has 8 nitrogen and oxygen atoms in total. The van der Waals surface area contributed by atoms with E-state index >= 15 is 0 Å². The predicted molar refractivity (Wildman–Crippen MR) is 114 cm³/mol. The summed E-state index contributed by atoms with van der Waals surface area (Å²) in [5, 5.41) is 18.7. The first-order chi connectivity index (χ1) is 16.1. The van der Waals surface area contributed by atoms with E-state index in [2.05, 4.69) is 15.4 Å². The molecule has 174 valence electrons. The molecule has 3 aromatic rings. The minimum Gasteiger partial charge on any atom is -0.306 e. The van der Waals surface area contributed by atoms with E-state index in [1.165, 1.54) is 54.6 Å². The number of hydrogen-bond acceptors (Lipinski definition) is 5. The molecule has 0 spiro atoms. The molecule has 0 bridgehead atoms. The number of nitro groups is 1. The van der Waals surface area contributed by atoms with Gasteiger partial charge in [0.2, 0.25) is 0 Å². The number of hydrogen-bond donors (Lipinski definition) is 1. The number of hydrazone groups is 1. The van der Waals surface area contributed by atoms with Crippen LogP contribution in [-0.4, -0.2) is 33.2 Å². The second-order valence-electron chi connectivity index (χ2n) is 7.33. The molecule has 4 rings (SSSR count). The van der Waals surface area contributed by atoms with Gasteiger partial charge in [0.05, 0.1) is 34.4 Å². The average Bonchev–Trinajstić information content (AvgIpc) is 3.25. The summed E-state index contributed by atoms with van der Waals surface area (Å²) in [6.45, 7) is -0.0378. The van der Waals surface area contributed by atoms with Gasteiger partial charge in [0.15, 0.2) is 0 Å². The number of alkyl halides is 3. The highest BCUT2D eigenvalue weighted by Gasteiger charge is 2.35. The molecule has 0 saturated carbocycles. The third-order valence-electron chi connectivity index (χ3n) is 5.09. The number of pyridine rings is 1. The summed E-state index contributed by atoms with van der Waals surface area (Å²) in [6, 6.07) is 11.9. The number of non-ortho nitro benzene ring substituents is 1. The molecular formula is C22H15F4N5O3. The highest BCUT2D eigenvalue weighted by Crippen LogP contribution is 2.32. The molecule has 2 heterocycles. The highest BCUT2D eigenvalue weighted by molar-refractivity contribution is 6.07. The summed E-state index contributed by atoms with van der Waals surface area (Å²) in [5.74, 6) is -1.16. The maximum atomic E-state index is 13.4. The van der Waals surface area contributed by atoms with Crippen molar-refractivity contribution < 1.29 is 27.3 Å². The van der Waals surface area contributed by atoms with Crippen molar-refractivity contribution >= 4 is 23.1 Å². The first-order valence-corrected chi connectivity index (χ1v) is 9.82. The van der Waals surface area contributed by atoms with E-state index in [0.29, 0.717) is 17.5 Å². The van der Waals surface area contributed by atoms with Crippen LogP contribution in [0.5, 0.6) is 0 Å². The van der Waals surface area contributed by atoms with E-state index in [-0.39, 0.29) is 23.6 Å². The summed E-state index contributed by atoms with van der Waals surface area (Å²) in [4.78, 5) is 26.9. The summed E-state index contributed by atoms with van der Waals surface area (Å²) in [7, 11) is 0. The zero-order chi connectivity index (χ0) is 24.5. The van der Waals surface area contributed by atoms with Crippen LogP contribution in [0.15, 0.2) is 72.0 Å². The number of nitrogens with zero attached hydrogens (tertiary/aromatic N) is 4. The molecule has 1 N–H and O–H groups in total. The summed E-state index contributed by atoms with van der Waals surface area (Å²) < 4.78 is 52.2. The maximum Gasteiger partial charge on any atom is 0.417 e. The molecule has 0 fully saturated rings. The standard InChI is InChI=1S/C22H15F4N5O3/c23-15-4-1-13(2-5-15)20-18(19-10-3-14(11-27-19)22(24,25)26)12-30(29-20)21(32)28-16-6-8-17(9-7-16)31(33)34/h1-11,18H,12H2,(H,28,32). The van der Waals surface area contributed by atoms with Crippen molar-refractivity contribution in [3.05, 3.63) is 99.6 Å². The average molecular weight is 473 g/mol. The van der Waals surface area contributed by atoms with Gasteiger partial charge in [-0.05, 0) is 42.0 Å². The van der Waals surface area contributed by atoms with E-state index < -0.39 is 34.4 Å². The normalized spacial score (nSPS) is 15.7. The van der Waals surface area contributed by atoms with Crippen molar-refractivity contribution in [1.82, 2.24) is 9.99 Å². The maximum absolute atomic E-state index is 13.4. The summed E-state index contributed by atoms with van der Waals surface area (Å²) in [6.07, 6.45) is -3.84. The van der Waals surface area contributed by atoms with Gasteiger partial charge < -0.3 is 5.32 Å². The quantitative estimate of drug-likeness (QED) is 0.320. The van der Waals surface area contributed by atoms with Gasteiger partial charge in [-0.25, -0.2) is 14.2 Å². The number of aromatic nitrogens is 1. The van der Waals surface area contributed by atoms with Gasteiger partial charge in [-0.1, -0.05) is 12.1 Å². The number of urea groups is 1. The van der Waals surface area contributed by atoms with Crippen LogP contribution in [0.1, 0.15) is 22.7 Å². The number of amides is 2. The molecule has 0 aliphatic carbocycles. The van der Waals surface area contributed by atoms with Crippen LogP contribution < -0.4 is 5.32 Å². The Balaban J connectivity index is 1.61. The van der Waals surface area contributed by atoms with Crippen molar-refractivity contribution in [2.75, 3.05) is 11.9 Å². The fourth-order valence-electron chi connectivity index (χ4n) is 3.38. The fraction of sp³-hybridized carbons (Fsp3) is 0.136. The number of carbonyl (C=O) groups excluding carboxylic acids is 1. The molecule has 1 aromatic heterocycles. The van der Waals surface area contributed by atoms with Crippen LogP contribution in [0, 0.1) is 15.9 Å². The third kappa shape index (κ3) is 4.85. The van der Waals surface area contributed by atoms with Gasteiger partial charge in [0.25, 0.3) is 5.69 Å². The fourth-order valence-corrected chi connectivity index (χ4v) is 3.38. The third-order valence-corrected chi connectivity index (χ3v) is 5.09. The Hall–Kier alpha value is -4.35. The van der Waals surface area contributed by atoms with E-state index in [9.17, 15) is 32.5 Å². The number of rotatable bonds is 4. The molecule has 1 aliphatic heterocycles. The van der Waals surface area contributed by atoms with Crippen LogP contribution in [0.25, 0.3) is 0 Å². The zero-order valence-electron chi connectivity index (χ0n) is 17.2. The van der Waals surface area contributed by atoms with Crippen LogP contribution >= 0.6 is 0 Å². The van der Waals surface area contributed by atoms with E-state index in [0.717, 1.165) is 11.1 Å². The molecule has 2 amide bonds. The number of anilines is 1.